The van der Waals surface area contributed by atoms with Crippen molar-refractivity contribution in [2.75, 3.05) is 37.8 Å². The van der Waals surface area contributed by atoms with Gasteiger partial charge in [-0.3, -0.25) is 10.2 Å². The molecule has 182 valence electrons. The molecule has 2 heterocycles. The third kappa shape index (κ3) is 6.21. The minimum Gasteiger partial charge on any atom is -0.444 e. The van der Waals surface area contributed by atoms with Crippen LogP contribution in [0.4, 0.5) is 16.4 Å². The van der Waals surface area contributed by atoms with Gasteiger partial charge in [0, 0.05) is 56.2 Å². The normalized spacial score (nSPS) is 14.4. The molecule has 0 saturated carbocycles. The Morgan fingerprint density at radius 2 is 1.88 bits per heavy atom. The smallest absolute Gasteiger partial charge is 0.407 e. The number of alkyl carbamates (subject to hydrolysis) is 1. The molecule has 1 aromatic carbocycles. The van der Waals surface area contributed by atoms with E-state index < -0.39 is 11.7 Å². The fraction of sp³-hybridized carbons (Fsp3) is 0.458. The summed E-state index contributed by atoms with van der Waals surface area (Å²) in [6.07, 6.45) is 2.66. The molecule has 0 spiro atoms. The van der Waals surface area contributed by atoms with Crippen LogP contribution >= 0.6 is 0 Å². The highest BCUT2D eigenvalue weighted by Gasteiger charge is 2.25. The van der Waals surface area contributed by atoms with E-state index >= 15 is 0 Å². The zero-order valence-corrected chi connectivity index (χ0v) is 20.4. The van der Waals surface area contributed by atoms with E-state index in [1.165, 1.54) is 4.90 Å². The van der Waals surface area contributed by atoms with Crippen LogP contribution in [0.2, 0.25) is 0 Å². The van der Waals surface area contributed by atoms with Gasteiger partial charge in [-0.15, -0.1) is 0 Å². The van der Waals surface area contributed by atoms with Crippen LogP contribution in [0.3, 0.4) is 0 Å². The van der Waals surface area contributed by atoms with E-state index in [1.54, 1.807) is 44.6 Å². The van der Waals surface area contributed by atoms with Crippen molar-refractivity contribution in [3.05, 3.63) is 47.3 Å². The van der Waals surface area contributed by atoms with Crippen LogP contribution in [-0.4, -0.2) is 71.4 Å². The molecule has 34 heavy (non-hydrogen) atoms. The summed E-state index contributed by atoms with van der Waals surface area (Å²) >= 11 is 0. The Bertz CT molecular complexity index is 1070. The quantitative estimate of drug-likeness (QED) is 0.454. The Morgan fingerprint density at radius 3 is 2.50 bits per heavy atom. The van der Waals surface area contributed by atoms with Crippen LogP contribution in [-0.2, 0) is 4.74 Å². The van der Waals surface area contributed by atoms with Crippen molar-refractivity contribution in [1.29, 1.82) is 5.41 Å². The summed E-state index contributed by atoms with van der Waals surface area (Å²) in [5, 5.41) is 11.6. The molecule has 0 radical (unpaired) electrons. The minimum atomic E-state index is -0.536. The van der Waals surface area contributed by atoms with Gasteiger partial charge < -0.3 is 25.6 Å². The van der Waals surface area contributed by atoms with Crippen molar-refractivity contribution < 1.29 is 14.3 Å². The number of amides is 2. The maximum absolute atomic E-state index is 12.3. The second kappa shape index (κ2) is 10.1. The van der Waals surface area contributed by atoms with E-state index in [9.17, 15) is 9.59 Å². The van der Waals surface area contributed by atoms with Crippen molar-refractivity contribution in [2.24, 2.45) is 0 Å². The number of carbonyl (C=O) groups is 2. The van der Waals surface area contributed by atoms with Gasteiger partial charge in [0.05, 0.1) is 11.4 Å². The molecule has 1 aromatic heterocycles. The average Bonchev–Trinajstić information content (AvgIpc) is 2.77. The fourth-order valence-corrected chi connectivity index (χ4v) is 3.64. The predicted molar refractivity (Wildman–Crippen MR) is 131 cm³/mol. The molecular formula is C24H33N7O3. The van der Waals surface area contributed by atoms with Crippen LogP contribution in [0.5, 0.6) is 0 Å². The Balaban J connectivity index is 1.69. The van der Waals surface area contributed by atoms with E-state index in [0.29, 0.717) is 41.5 Å². The second-order valence-corrected chi connectivity index (χ2v) is 9.53. The molecule has 1 aliphatic rings. The van der Waals surface area contributed by atoms with Crippen molar-refractivity contribution in [3.63, 3.8) is 0 Å². The first-order chi connectivity index (χ1) is 15.9. The molecule has 0 unspecified atom stereocenters. The molecule has 0 bridgehead atoms. The van der Waals surface area contributed by atoms with Crippen LogP contribution in [0.1, 0.15) is 55.2 Å². The maximum atomic E-state index is 12.3. The van der Waals surface area contributed by atoms with Crippen molar-refractivity contribution >= 4 is 29.3 Å². The lowest BCUT2D eigenvalue weighted by Gasteiger charge is -2.33. The van der Waals surface area contributed by atoms with Crippen LogP contribution < -0.4 is 16.0 Å². The van der Waals surface area contributed by atoms with Gasteiger partial charge in [-0.1, -0.05) is 0 Å². The van der Waals surface area contributed by atoms with E-state index in [-0.39, 0.29) is 17.7 Å². The molecule has 2 aromatic rings. The van der Waals surface area contributed by atoms with Crippen LogP contribution in [0, 0.1) is 5.41 Å². The number of benzene rings is 1. The molecule has 0 aliphatic carbocycles. The van der Waals surface area contributed by atoms with E-state index in [1.807, 2.05) is 25.7 Å². The highest BCUT2D eigenvalue weighted by Crippen LogP contribution is 2.21. The molecule has 4 N–H and O–H groups in total. The molecule has 1 saturated heterocycles. The van der Waals surface area contributed by atoms with Gasteiger partial charge in [-0.05, 0) is 57.9 Å². The molecular weight excluding hydrogens is 434 g/mol. The predicted octanol–water partition coefficient (Wildman–Crippen LogP) is 2.67. The highest BCUT2D eigenvalue weighted by atomic mass is 16.6. The van der Waals surface area contributed by atoms with Gasteiger partial charge in [0.25, 0.3) is 5.91 Å². The van der Waals surface area contributed by atoms with Gasteiger partial charge >= 0.3 is 6.09 Å². The molecule has 1 aliphatic heterocycles. The summed E-state index contributed by atoms with van der Waals surface area (Å²) in [5.41, 5.74) is 7.41. The molecule has 10 heteroatoms. The number of piperidine rings is 1. The number of nitrogens with one attached hydrogen (secondary N) is 2. The molecule has 10 nitrogen and oxygen atoms in total. The number of ether oxygens (including phenoxy) is 1. The lowest BCUT2D eigenvalue weighted by molar-refractivity contribution is 0.0497. The highest BCUT2D eigenvalue weighted by molar-refractivity contribution is 6.13. The van der Waals surface area contributed by atoms with E-state index in [2.05, 4.69) is 15.3 Å². The lowest BCUT2D eigenvalue weighted by atomic mass is 10.0. The first-order valence-corrected chi connectivity index (χ1v) is 11.2. The maximum Gasteiger partial charge on any atom is 0.407 e. The zero-order chi connectivity index (χ0) is 25.0. The summed E-state index contributed by atoms with van der Waals surface area (Å²) in [5.74, 6) is 0.345. The Morgan fingerprint density at radius 1 is 1.21 bits per heavy atom. The van der Waals surface area contributed by atoms with Gasteiger partial charge in [-0.2, -0.15) is 0 Å². The number of nitrogens with zero attached hydrogens (tertiary/aromatic N) is 4. The van der Waals surface area contributed by atoms with Crippen LogP contribution in [0.15, 0.2) is 30.5 Å². The van der Waals surface area contributed by atoms with Gasteiger partial charge in [0.2, 0.25) is 5.95 Å². The fourth-order valence-electron chi connectivity index (χ4n) is 3.64. The average molecular weight is 468 g/mol. The Hall–Kier alpha value is -3.69. The van der Waals surface area contributed by atoms with Gasteiger partial charge in [-0.25, -0.2) is 14.8 Å². The van der Waals surface area contributed by atoms with Gasteiger partial charge in [0.15, 0.2) is 0 Å². The summed E-state index contributed by atoms with van der Waals surface area (Å²) in [6.45, 7) is 6.82. The van der Waals surface area contributed by atoms with Crippen molar-refractivity contribution in [3.8, 4) is 0 Å². The number of nitrogens with two attached hydrogens (primary N) is 1. The van der Waals surface area contributed by atoms with Gasteiger partial charge in [0.1, 0.15) is 5.60 Å². The number of anilines is 2. The van der Waals surface area contributed by atoms with E-state index in [0.717, 1.165) is 12.8 Å². The number of aromatic nitrogens is 2. The summed E-state index contributed by atoms with van der Waals surface area (Å²) in [7, 11) is 3.35. The van der Waals surface area contributed by atoms with Crippen LogP contribution in [0.25, 0.3) is 0 Å². The van der Waals surface area contributed by atoms with Crippen molar-refractivity contribution in [1.82, 2.24) is 20.2 Å². The minimum absolute atomic E-state index is 0.0179. The molecule has 0 atom stereocenters. The SMILES string of the molecule is CN(C)C(=O)c1ccc(N)c(C(=N)c2ccnc(N3CCC(NC(=O)OC(C)(C)C)CC3)n2)c1. The molecule has 2 amide bonds. The number of carbonyl (C=O) groups excluding carboxylic acids is 2. The zero-order valence-electron chi connectivity index (χ0n) is 20.4. The number of hydrogen-bond acceptors (Lipinski definition) is 8. The first kappa shape index (κ1) is 24.9. The van der Waals surface area contributed by atoms with E-state index in [4.69, 9.17) is 15.9 Å². The van der Waals surface area contributed by atoms with Crippen molar-refractivity contribution in [2.45, 2.75) is 45.3 Å². The third-order valence-electron chi connectivity index (χ3n) is 5.37. The monoisotopic (exact) mass is 467 g/mol. The first-order valence-electron chi connectivity index (χ1n) is 11.2. The lowest BCUT2D eigenvalue weighted by Crippen LogP contribution is -2.46. The number of nitrogen functional groups attached to an aromatic ring is 1. The standard InChI is InChI=1S/C24H33N7O3/c1-24(2,3)34-23(33)28-16-9-12-31(13-10-16)22-27-11-8-19(29-22)20(26)17-14-15(6-7-18(17)25)21(32)30(4)5/h6-8,11,14,16,26H,9-10,12-13,25H2,1-5H3,(H,28,33). The third-order valence-corrected chi connectivity index (χ3v) is 5.37. The molecule has 1 fully saturated rings. The topological polar surface area (TPSA) is 138 Å². The number of hydrogen-bond donors (Lipinski definition) is 3. The number of rotatable bonds is 5. The second-order valence-electron chi connectivity index (χ2n) is 9.53. The summed E-state index contributed by atoms with van der Waals surface area (Å²) in [6, 6.07) is 6.57. The Kier molecular flexibility index (Phi) is 7.38. The Labute approximate surface area is 200 Å². The molecule has 3 rings (SSSR count). The summed E-state index contributed by atoms with van der Waals surface area (Å²) in [4.78, 5) is 36.8. The summed E-state index contributed by atoms with van der Waals surface area (Å²) < 4.78 is 5.34. The largest absolute Gasteiger partial charge is 0.444 e.